The highest BCUT2D eigenvalue weighted by atomic mass is 32.2. The van der Waals surface area contributed by atoms with Crippen LogP contribution in [0.1, 0.15) is 10.4 Å². The lowest BCUT2D eigenvalue weighted by atomic mass is 10.2. The lowest BCUT2D eigenvalue weighted by molar-refractivity contribution is 0.0696. The number of carbonyl (C=O) groups is 1. The van der Waals surface area contributed by atoms with Crippen LogP contribution in [-0.4, -0.2) is 31.9 Å². The molecule has 26 heavy (non-hydrogen) atoms. The molecule has 0 saturated heterocycles. The van der Waals surface area contributed by atoms with Crippen LogP contribution < -0.4 is 9.04 Å². The summed E-state index contributed by atoms with van der Waals surface area (Å²) in [5.41, 5.74) is 0.759. The Labute approximate surface area is 151 Å². The van der Waals surface area contributed by atoms with Crippen LogP contribution in [0.15, 0.2) is 59.2 Å². The normalized spacial score (nSPS) is 11.8. The summed E-state index contributed by atoms with van der Waals surface area (Å²) >= 11 is -2.74. The Kier molecular flexibility index (Phi) is 5.01. The number of carboxylic acid groups (broad SMARTS) is 1. The van der Waals surface area contributed by atoms with Crippen molar-refractivity contribution < 1.29 is 27.8 Å². The fourth-order valence-corrected chi connectivity index (χ4v) is 2.88. The van der Waals surface area contributed by atoms with E-state index in [9.17, 15) is 13.6 Å². The van der Waals surface area contributed by atoms with Crippen molar-refractivity contribution in [3.8, 4) is 17.2 Å². The lowest BCUT2D eigenvalue weighted by Crippen LogP contribution is -2.20. The SMILES string of the molecule is COc1cc(C(=O)O)ccc1N(c1coc(-c2ccccc2)n1)S(=O)[O-]. The van der Waals surface area contributed by atoms with E-state index in [2.05, 4.69) is 4.98 Å². The van der Waals surface area contributed by atoms with Crippen LogP contribution in [0.4, 0.5) is 11.5 Å². The first-order valence-corrected chi connectivity index (χ1v) is 8.36. The molecule has 9 heteroatoms. The molecular formula is C17H13N2O6S-. The van der Waals surface area contributed by atoms with Crippen molar-refractivity contribution in [3.63, 3.8) is 0 Å². The number of hydrogen-bond acceptors (Lipinski definition) is 6. The minimum atomic E-state index is -2.74. The minimum absolute atomic E-state index is 0.0126. The van der Waals surface area contributed by atoms with Crippen LogP contribution in [-0.2, 0) is 11.3 Å². The molecule has 1 unspecified atom stereocenters. The summed E-state index contributed by atoms with van der Waals surface area (Å²) < 4.78 is 35.0. The van der Waals surface area contributed by atoms with E-state index in [0.717, 1.165) is 4.31 Å². The van der Waals surface area contributed by atoms with E-state index in [-0.39, 0.29) is 28.7 Å². The van der Waals surface area contributed by atoms with Crippen molar-refractivity contribution in [3.05, 3.63) is 60.4 Å². The third-order valence-corrected chi connectivity index (χ3v) is 4.20. The molecule has 0 radical (unpaired) electrons. The molecule has 0 aliphatic carbocycles. The molecule has 1 heterocycles. The van der Waals surface area contributed by atoms with Gasteiger partial charge in [-0.1, -0.05) is 18.2 Å². The van der Waals surface area contributed by atoms with Crippen LogP contribution in [0, 0.1) is 0 Å². The third-order valence-electron chi connectivity index (χ3n) is 3.52. The summed E-state index contributed by atoms with van der Waals surface area (Å²) in [4.78, 5) is 15.3. The maximum absolute atomic E-state index is 11.8. The Hall–Kier alpha value is -3.17. The molecule has 1 aromatic heterocycles. The van der Waals surface area contributed by atoms with Gasteiger partial charge < -0.3 is 18.8 Å². The zero-order chi connectivity index (χ0) is 18.7. The Bertz CT molecular complexity index is 957. The largest absolute Gasteiger partial charge is 0.755 e. The van der Waals surface area contributed by atoms with Crippen LogP contribution in [0.3, 0.4) is 0 Å². The summed E-state index contributed by atoms with van der Waals surface area (Å²) in [6.07, 6.45) is 1.20. The molecule has 1 N–H and O–H groups in total. The Morgan fingerprint density at radius 2 is 2.00 bits per heavy atom. The molecule has 0 bridgehead atoms. The number of aromatic nitrogens is 1. The molecule has 134 valence electrons. The number of nitrogens with zero attached hydrogens (tertiary/aromatic N) is 2. The summed E-state index contributed by atoms with van der Waals surface area (Å²) in [6.45, 7) is 0. The van der Waals surface area contributed by atoms with Crippen molar-refractivity contribution in [2.45, 2.75) is 0 Å². The topological polar surface area (TPSA) is 116 Å². The average molecular weight is 373 g/mol. The van der Waals surface area contributed by atoms with Gasteiger partial charge in [-0.2, -0.15) is 4.98 Å². The van der Waals surface area contributed by atoms with Crippen molar-refractivity contribution in [1.82, 2.24) is 4.98 Å². The molecule has 0 spiro atoms. The highest BCUT2D eigenvalue weighted by Gasteiger charge is 2.21. The van der Waals surface area contributed by atoms with E-state index < -0.39 is 17.2 Å². The number of ether oxygens (including phenoxy) is 1. The zero-order valence-corrected chi connectivity index (χ0v) is 14.3. The summed E-state index contributed by atoms with van der Waals surface area (Å²) in [7, 11) is 1.31. The summed E-state index contributed by atoms with van der Waals surface area (Å²) in [5, 5.41) is 9.07. The smallest absolute Gasteiger partial charge is 0.335 e. The number of oxazole rings is 1. The van der Waals surface area contributed by atoms with Gasteiger partial charge in [-0.25, -0.2) is 9.10 Å². The molecule has 1 atom stereocenters. The lowest BCUT2D eigenvalue weighted by Gasteiger charge is -2.25. The molecule has 0 aliphatic heterocycles. The second-order valence-corrected chi connectivity index (χ2v) is 5.88. The quantitative estimate of drug-likeness (QED) is 0.660. The van der Waals surface area contributed by atoms with Gasteiger partial charge in [0.15, 0.2) is 5.82 Å². The molecule has 3 aromatic rings. The van der Waals surface area contributed by atoms with E-state index in [0.29, 0.717) is 5.56 Å². The van der Waals surface area contributed by atoms with Crippen LogP contribution >= 0.6 is 0 Å². The van der Waals surface area contributed by atoms with Gasteiger partial charge >= 0.3 is 5.97 Å². The van der Waals surface area contributed by atoms with Crippen molar-refractivity contribution in [2.75, 3.05) is 11.4 Å². The molecule has 0 saturated carbocycles. The van der Waals surface area contributed by atoms with Crippen LogP contribution in [0.25, 0.3) is 11.5 Å². The fourth-order valence-electron chi connectivity index (χ4n) is 2.33. The van der Waals surface area contributed by atoms with Gasteiger partial charge in [0, 0.05) is 5.56 Å². The van der Waals surface area contributed by atoms with Gasteiger partial charge in [0.2, 0.25) is 5.89 Å². The van der Waals surface area contributed by atoms with Gasteiger partial charge in [-0.15, -0.1) is 0 Å². The molecule has 0 fully saturated rings. The second-order valence-electron chi connectivity index (χ2n) is 5.08. The average Bonchev–Trinajstić information content (AvgIpc) is 3.12. The molecule has 2 aromatic carbocycles. The Morgan fingerprint density at radius 1 is 1.27 bits per heavy atom. The van der Waals surface area contributed by atoms with Crippen LogP contribution in [0.5, 0.6) is 5.75 Å². The van der Waals surface area contributed by atoms with Gasteiger partial charge in [0.05, 0.1) is 29.6 Å². The number of benzene rings is 2. The number of anilines is 2. The van der Waals surface area contributed by atoms with E-state index in [1.54, 1.807) is 24.3 Å². The maximum Gasteiger partial charge on any atom is 0.335 e. The number of hydrogen-bond donors (Lipinski definition) is 1. The van der Waals surface area contributed by atoms with E-state index >= 15 is 0 Å². The Balaban J connectivity index is 2.05. The number of methoxy groups -OCH3 is 1. The standard InChI is InChI=1S/C17H14N2O6S/c1-24-14-9-12(17(20)21)7-8-13(14)19(26(22)23)15-10-25-16(18-15)11-5-3-2-4-6-11/h2-10H,1H3,(H,20,21)(H,22,23)/p-1. The Morgan fingerprint density at radius 3 is 2.62 bits per heavy atom. The van der Waals surface area contributed by atoms with Gasteiger partial charge in [0.25, 0.3) is 0 Å². The number of rotatable bonds is 6. The molecule has 0 amide bonds. The first-order valence-electron chi connectivity index (χ1n) is 7.33. The first kappa shape index (κ1) is 17.6. The molecule has 3 rings (SSSR count). The predicted molar refractivity (Wildman–Crippen MR) is 93.0 cm³/mol. The summed E-state index contributed by atoms with van der Waals surface area (Å²) in [5.74, 6) is -0.827. The number of aromatic carboxylic acids is 1. The van der Waals surface area contributed by atoms with Gasteiger partial charge in [0.1, 0.15) is 12.0 Å². The van der Waals surface area contributed by atoms with E-state index in [1.807, 2.05) is 6.07 Å². The fraction of sp³-hybridized carbons (Fsp3) is 0.0588. The maximum atomic E-state index is 11.8. The monoisotopic (exact) mass is 373 g/mol. The van der Waals surface area contributed by atoms with Gasteiger partial charge in [-0.05, 0) is 30.3 Å². The van der Waals surface area contributed by atoms with Crippen molar-refractivity contribution in [2.24, 2.45) is 0 Å². The van der Waals surface area contributed by atoms with Crippen LogP contribution in [0.2, 0.25) is 0 Å². The molecule has 8 nitrogen and oxygen atoms in total. The highest BCUT2D eigenvalue weighted by Crippen LogP contribution is 2.36. The summed E-state index contributed by atoms with van der Waals surface area (Å²) in [6, 6.07) is 12.8. The van der Waals surface area contributed by atoms with Gasteiger partial charge in [-0.3, -0.25) is 4.21 Å². The van der Waals surface area contributed by atoms with E-state index in [4.69, 9.17) is 14.3 Å². The minimum Gasteiger partial charge on any atom is -0.755 e. The highest BCUT2D eigenvalue weighted by molar-refractivity contribution is 7.81. The molecule has 0 aliphatic rings. The third kappa shape index (κ3) is 3.44. The van der Waals surface area contributed by atoms with Crippen molar-refractivity contribution >= 4 is 28.7 Å². The number of carboxylic acids is 1. The molecular weight excluding hydrogens is 360 g/mol. The van der Waals surface area contributed by atoms with Crippen molar-refractivity contribution in [1.29, 1.82) is 0 Å². The first-order chi connectivity index (χ1) is 12.5. The predicted octanol–water partition coefficient (Wildman–Crippen LogP) is 2.98. The zero-order valence-electron chi connectivity index (χ0n) is 13.5. The van der Waals surface area contributed by atoms with E-state index in [1.165, 1.54) is 31.6 Å². The second kappa shape index (κ2) is 7.38.